The highest BCUT2D eigenvalue weighted by Gasteiger charge is 2.22. The topological polar surface area (TPSA) is 91.9 Å². The van der Waals surface area contributed by atoms with Gasteiger partial charge in [-0.05, 0) is 49.1 Å². The molecule has 1 aromatic heterocycles. The van der Waals surface area contributed by atoms with Crippen molar-refractivity contribution >= 4 is 11.7 Å². The predicted octanol–water partition coefficient (Wildman–Crippen LogP) is 1.55. The normalized spacial score (nSPS) is 16.1. The van der Waals surface area contributed by atoms with Gasteiger partial charge in [0.15, 0.2) is 5.78 Å². The number of carbonyl (C=O) groups excluding carboxylic acids is 2. The van der Waals surface area contributed by atoms with Crippen molar-refractivity contribution in [2.24, 2.45) is 0 Å². The second-order valence-electron chi connectivity index (χ2n) is 6.14. The van der Waals surface area contributed by atoms with Crippen molar-refractivity contribution < 1.29 is 14.0 Å². The zero-order chi connectivity index (χ0) is 17.8. The summed E-state index contributed by atoms with van der Waals surface area (Å²) < 4.78 is 12.9. The first-order valence-electron chi connectivity index (χ1n) is 8.17. The predicted molar refractivity (Wildman–Crippen MR) is 88.8 cm³/mol. The van der Waals surface area contributed by atoms with E-state index in [1.165, 1.54) is 30.3 Å². The molecule has 1 heterocycles. The molecule has 2 N–H and O–H groups in total. The van der Waals surface area contributed by atoms with Crippen LogP contribution in [0.5, 0.6) is 0 Å². The first-order valence-corrected chi connectivity index (χ1v) is 8.17. The van der Waals surface area contributed by atoms with Crippen LogP contribution in [-0.2, 0) is 17.6 Å². The van der Waals surface area contributed by atoms with E-state index in [-0.39, 0.29) is 36.1 Å². The van der Waals surface area contributed by atoms with Crippen molar-refractivity contribution in [2.45, 2.75) is 38.1 Å². The number of nitrogens with zero attached hydrogens (tertiary/aromatic N) is 1. The van der Waals surface area contributed by atoms with Gasteiger partial charge in [0.2, 0.25) is 5.91 Å². The lowest BCUT2D eigenvalue weighted by Gasteiger charge is -2.24. The summed E-state index contributed by atoms with van der Waals surface area (Å²) in [6.45, 7) is 0. The Kier molecular flexibility index (Phi) is 5.02. The minimum absolute atomic E-state index is 0.0653. The number of hydrogen-bond acceptors (Lipinski definition) is 4. The van der Waals surface area contributed by atoms with E-state index >= 15 is 0 Å². The quantitative estimate of drug-likeness (QED) is 0.806. The van der Waals surface area contributed by atoms with Gasteiger partial charge in [0, 0.05) is 30.5 Å². The zero-order valence-corrected chi connectivity index (χ0v) is 13.5. The molecule has 7 heteroatoms. The number of fused-ring (bicyclic) bond motifs is 1. The van der Waals surface area contributed by atoms with Gasteiger partial charge in [0.05, 0.1) is 5.69 Å². The summed E-state index contributed by atoms with van der Waals surface area (Å²) in [5.74, 6) is -0.804. The summed E-state index contributed by atoms with van der Waals surface area (Å²) in [5, 5.41) is 9.33. The number of carbonyl (C=O) groups is 2. The molecule has 0 bridgehead atoms. The summed E-state index contributed by atoms with van der Waals surface area (Å²) in [7, 11) is 0. The van der Waals surface area contributed by atoms with Gasteiger partial charge in [-0.1, -0.05) is 0 Å². The van der Waals surface area contributed by atoms with E-state index in [9.17, 15) is 18.8 Å². The third kappa shape index (κ3) is 4.37. The number of nitrogens with one attached hydrogen (secondary N) is 2. The lowest BCUT2D eigenvalue weighted by molar-refractivity contribution is -0.121. The number of aromatic nitrogens is 2. The first kappa shape index (κ1) is 17.0. The van der Waals surface area contributed by atoms with Crippen molar-refractivity contribution in [1.29, 1.82) is 0 Å². The fourth-order valence-electron chi connectivity index (χ4n) is 2.97. The van der Waals surface area contributed by atoms with E-state index in [0.29, 0.717) is 18.4 Å². The van der Waals surface area contributed by atoms with Crippen LogP contribution >= 0.6 is 0 Å². The molecule has 0 saturated carbocycles. The number of ketones is 1. The van der Waals surface area contributed by atoms with Gasteiger partial charge in [-0.2, -0.15) is 5.10 Å². The van der Waals surface area contributed by atoms with Crippen molar-refractivity contribution in [3.05, 3.63) is 63.3 Å². The lowest BCUT2D eigenvalue weighted by Crippen LogP contribution is -2.39. The standard InChI is InChI=1S/C18H18FN3O3/c19-13-3-1-11(2-4-13)16(23)7-8-17(24)20-14-5-6-15-12(9-14)10-18(25)22-21-15/h1-4,10,14H,5-9H2,(H,20,24)(H,22,25). The van der Waals surface area contributed by atoms with E-state index in [0.717, 1.165) is 17.7 Å². The van der Waals surface area contributed by atoms with Crippen molar-refractivity contribution in [1.82, 2.24) is 15.5 Å². The summed E-state index contributed by atoms with van der Waals surface area (Å²) >= 11 is 0. The Morgan fingerprint density at radius 1 is 1.24 bits per heavy atom. The third-order valence-corrected chi connectivity index (χ3v) is 4.28. The molecule has 1 aliphatic rings. The number of H-pyrrole nitrogens is 1. The first-order chi connectivity index (χ1) is 12.0. The average Bonchev–Trinajstić information content (AvgIpc) is 2.60. The molecule has 3 rings (SSSR count). The Labute approximate surface area is 143 Å². The minimum atomic E-state index is -0.403. The maximum Gasteiger partial charge on any atom is 0.264 e. The molecular formula is C18H18FN3O3. The van der Waals surface area contributed by atoms with E-state index in [4.69, 9.17) is 0 Å². The molecule has 1 aromatic carbocycles. The number of halogens is 1. The highest BCUT2D eigenvalue weighted by atomic mass is 19.1. The molecule has 1 atom stereocenters. The smallest absolute Gasteiger partial charge is 0.264 e. The largest absolute Gasteiger partial charge is 0.353 e. The molecule has 0 spiro atoms. The second kappa shape index (κ2) is 7.38. The van der Waals surface area contributed by atoms with Crippen LogP contribution in [0.1, 0.15) is 40.9 Å². The number of aromatic amines is 1. The van der Waals surface area contributed by atoms with E-state index in [2.05, 4.69) is 15.5 Å². The molecule has 1 aliphatic carbocycles. The summed E-state index contributed by atoms with van der Waals surface area (Å²) in [6.07, 6.45) is 2.13. The van der Waals surface area contributed by atoms with Gasteiger partial charge in [0.25, 0.3) is 5.56 Å². The molecular weight excluding hydrogens is 325 g/mol. The summed E-state index contributed by atoms with van der Waals surface area (Å²) in [5.41, 5.74) is 1.85. The third-order valence-electron chi connectivity index (χ3n) is 4.28. The highest BCUT2D eigenvalue weighted by Crippen LogP contribution is 2.17. The second-order valence-corrected chi connectivity index (χ2v) is 6.14. The molecule has 1 amide bonds. The Bertz CT molecular complexity index is 845. The Morgan fingerprint density at radius 2 is 2.00 bits per heavy atom. The number of rotatable bonds is 5. The van der Waals surface area contributed by atoms with Crippen LogP contribution in [0.15, 0.2) is 35.1 Å². The van der Waals surface area contributed by atoms with Crippen LogP contribution in [0, 0.1) is 5.82 Å². The Hall–Kier alpha value is -2.83. The zero-order valence-electron chi connectivity index (χ0n) is 13.5. The van der Waals surface area contributed by atoms with Crippen molar-refractivity contribution in [3.8, 4) is 0 Å². The molecule has 2 aromatic rings. The van der Waals surface area contributed by atoms with Crippen molar-refractivity contribution in [2.75, 3.05) is 0 Å². The minimum Gasteiger partial charge on any atom is -0.353 e. The molecule has 25 heavy (non-hydrogen) atoms. The summed E-state index contributed by atoms with van der Waals surface area (Å²) in [6, 6.07) is 6.73. The van der Waals surface area contributed by atoms with E-state index in [1.807, 2.05) is 0 Å². The van der Waals surface area contributed by atoms with Crippen LogP contribution in [0.25, 0.3) is 0 Å². The van der Waals surface area contributed by atoms with Crippen LogP contribution in [0.3, 0.4) is 0 Å². The number of amides is 1. The van der Waals surface area contributed by atoms with Gasteiger partial charge >= 0.3 is 0 Å². The maximum atomic E-state index is 12.9. The number of hydrogen-bond donors (Lipinski definition) is 2. The van der Waals surface area contributed by atoms with Gasteiger partial charge in [0.1, 0.15) is 5.82 Å². The monoisotopic (exact) mass is 343 g/mol. The van der Waals surface area contributed by atoms with Crippen molar-refractivity contribution in [3.63, 3.8) is 0 Å². The molecule has 1 unspecified atom stereocenters. The molecule has 6 nitrogen and oxygen atoms in total. The van der Waals surface area contributed by atoms with Gasteiger partial charge in [-0.15, -0.1) is 0 Å². The van der Waals surface area contributed by atoms with Gasteiger partial charge in [-0.3, -0.25) is 14.4 Å². The molecule has 130 valence electrons. The maximum absolute atomic E-state index is 12.9. The van der Waals surface area contributed by atoms with Crippen LogP contribution in [-0.4, -0.2) is 27.9 Å². The van der Waals surface area contributed by atoms with E-state index < -0.39 is 5.82 Å². The number of Topliss-reactive ketones (excluding diaryl/α,β-unsaturated/α-hetero) is 1. The number of aryl methyl sites for hydroxylation is 1. The molecule has 0 radical (unpaired) electrons. The molecule has 0 saturated heterocycles. The average molecular weight is 343 g/mol. The van der Waals surface area contributed by atoms with E-state index in [1.54, 1.807) is 0 Å². The fraction of sp³-hybridized carbons (Fsp3) is 0.333. The van der Waals surface area contributed by atoms with Crippen LogP contribution < -0.4 is 10.9 Å². The Balaban J connectivity index is 1.50. The lowest BCUT2D eigenvalue weighted by atomic mass is 9.92. The number of benzene rings is 1. The fourth-order valence-corrected chi connectivity index (χ4v) is 2.97. The SMILES string of the molecule is O=C(CCC(=O)c1ccc(F)cc1)NC1CCc2n[nH]c(=O)cc2C1. The highest BCUT2D eigenvalue weighted by molar-refractivity contribution is 5.97. The van der Waals surface area contributed by atoms with Gasteiger partial charge in [-0.25, -0.2) is 9.49 Å². The van der Waals surface area contributed by atoms with Crippen LogP contribution in [0.4, 0.5) is 4.39 Å². The van der Waals surface area contributed by atoms with Gasteiger partial charge < -0.3 is 5.32 Å². The molecule has 0 aliphatic heterocycles. The summed E-state index contributed by atoms with van der Waals surface area (Å²) in [4.78, 5) is 35.4. The van der Waals surface area contributed by atoms with Crippen LogP contribution in [0.2, 0.25) is 0 Å². The Morgan fingerprint density at radius 3 is 2.76 bits per heavy atom. The molecule has 0 fully saturated rings.